The van der Waals surface area contributed by atoms with Gasteiger partial charge in [0.25, 0.3) is 0 Å². The van der Waals surface area contributed by atoms with Crippen molar-refractivity contribution in [3.8, 4) is 0 Å². The Labute approximate surface area is 117 Å². The van der Waals surface area contributed by atoms with Gasteiger partial charge in [-0.05, 0) is 12.0 Å². The predicted molar refractivity (Wildman–Crippen MR) is 66.6 cm³/mol. The Bertz CT molecular complexity index is 522. The smallest absolute Gasteiger partial charge is 0.170 e. The van der Waals surface area contributed by atoms with Crippen LogP contribution in [0.1, 0.15) is 12.0 Å². The van der Waals surface area contributed by atoms with E-state index in [4.69, 9.17) is 0 Å². The van der Waals surface area contributed by atoms with Gasteiger partial charge in [-0.1, -0.05) is 54.6 Å². The number of alkyl halides is 6. The Morgan fingerprint density at radius 1 is 0.810 bits per heavy atom. The van der Waals surface area contributed by atoms with Crippen LogP contribution in [0.15, 0.2) is 54.6 Å². The third-order valence-electron chi connectivity index (χ3n) is 3.66. The molecule has 0 aliphatic heterocycles. The van der Waals surface area contributed by atoms with Crippen molar-refractivity contribution in [2.75, 3.05) is 0 Å². The van der Waals surface area contributed by atoms with Crippen molar-refractivity contribution < 1.29 is 26.3 Å². The first-order chi connectivity index (χ1) is 9.71. The molecule has 0 fully saturated rings. The number of benzene rings is 1. The molecule has 1 unspecified atom stereocenters. The molecular weight excluding hydrogens is 294 g/mol. The molecule has 1 aliphatic rings. The van der Waals surface area contributed by atoms with Crippen LogP contribution in [0.4, 0.5) is 26.3 Å². The summed E-state index contributed by atoms with van der Waals surface area (Å²) in [5.41, 5.74) is -4.68. The van der Waals surface area contributed by atoms with Crippen molar-refractivity contribution in [1.82, 2.24) is 0 Å². The summed E-state index contributed by atoms with van der Waals surface area (Å²) in [6.45, 7) is 0. The minimum absolute atomic E-state index is 0.315. The molecule has 1 aromatic rings. The lowest BCUT2D eigenvalue weighted by Crippen LogP contribution is -2.58. The van der Waals surface area contributed by atoms with Crippen LogP contribution in [0.2, 0.25) is 0 Å². The highest BCUT2D eigenvalue weighted by atomic mass is 19.4. The molecule has 0 saturated heterocycles. The highest BCUT2D eigenvalue weighted by molar-refractivity contribution is 5.35. The Balaban J connectivity index is 2.72. The highest BCUT2D eigenvalue weighted by Gasteiger charge is 2.74. The Morgan fingerprint density at radius 2 is 1.38 bits per heavy atom. The van der Waals surface area contributed by atoms with Gasteiger partial charge in [-0.15, -0.1) is 0 Å². The summed E-state index contributed by atoms with van der Waals surface area (Å²) in [5, 5.41) is 0. The lowest BCUT2D eigenvalue weighted by molar-refractivity contribution is -0.314. The fourth-order valence-electron chi connectivity index (χ4n) is 2.73. The minimum atomic E-state index is -5.45. The van der Waals surface area contributed by atoms with E-state index in [-0.39, 0.29) is 6.42 Å². The van der Waals surface area contributed by atoms with E-state index < -0.39 is 29.2 Å². The second-order valence-corrected chi connectivity index (χ2v) is 4.82. The summed E-state index contributed by atoms with van der Waals surface area (Å²) in [4.78, 5) is 0. The topological polar surface area (TPSA) is 0 Å². The van der Waals surface area contributed by atoms with Crippen molar-refractivity contribution in [1.29, 1.82) is 0 Å². The van der Waals surface area contributed by atoms with E-state index in [1.54, 1.807) is 0 Å². The number of halogens is 6. The van der Waals surface area contributed by atoms with Gasteiger partial charge < -0.3 is 0 Å². The maximum Gasteiger partial charge on any atom is 0.407 e. The van der Waals surface area contributed by atoms with Gasteiger partial charge in [0, 0.05) is 5.92 Å². The molecule has 0 radical (unpaired) electrons. The molecule has 1 aromatic carbocycles. The van der Waals surface area contributed by atoms with E-state index in [1.807, 2.05) is 0 Å². The summed E-state index contributed by atoms with van der Waals surface area (Å²) >= 11 is 0. The molecule has 0 N–H and O–H groups in total. The van der Waals surface area contributed by atoms with E-state index in [2.05, 4.69) is 0 Å². The fraction of sp³-hybridized carbons (Fsp3) is 0.333. The average molecular weight is 306 g/mol. The molecule has 6 heteroatoms. The molecular formula is C15H12F6. The second kappa shape index (κ2) is 5.24. The van der Waals surface area contributed by atoms with Gasteiger partial charge in [0.1, 0.15) is 0 Å². The first-order valence-electron chi connectivity index (χ1n) is 6.23. The van der Waals surface area contributed by atoms with Crippen molar-refractivity contribution in [3.05, 3.63) is 60.2 Å². The van der Waals surface area contributed by atoms with Gasteiger partial charge in [0.05, 0.1) is 0 Å². The van der Waals surface area contributed by atoms with E-state index in [0.29, 0.717) is 0 Å². The third kappa shape index (κ3) is 2.47. The lowest BCUT2D eigenvalue weighted by Gasteiger charge is -2.42. The molecule has 0 saturated carbocycles. The van der Waals surface area contributed by atoms with Crippen molar-refractivity contribution in [2.45, 2.75) is 24.2 Å². The molecule has 2 rings (SSSR count). The fourth-order valence-corrected chi connectivity index (χ4v) is 2.73. The van der Waals surface area contributed by atoms with Gasteiger partial charge >= 0.3 is 12.4 Å². The Morgan fingerprint density at radius 3 is 1.81 bits per heavy atom. The summed E-state index contributed by atoms with van der Waals surface area (Å²) in [5.74, 6) is -1.72. The summed E-state index contributed by atoms with van der Waals surface area (Å²) in [6, 6.07) is 5.52. The van der Waals surface area contributed by atoms with Crippen LogP contribution in [-0.2, 0) is 5.41 Å². The normalized spacial score (nSPS) is 19.8. The molecule has 1 aliphatic carbocycles. The number of hydrogen-bond donors (Lipinski definition) is 0. The molecule has 0 aromatic heterocycles. The van der Waals surface area contributed by atoms with Crippen molar-refractivity contribution in [3.63, 3.8) is 0 Å². The minimum Gasteiger partial charge on any atom is -0.170 e. The van der Waals surface area contributed by atoms with Crippen LogP contribution >= 0.6 is 0 Å². The monoisotopic (exact) mass is 306 g/mol. The maximum absolute atomic E-state index is 13.6. The SMILES string of the molecule is FC(F)(F)C(c1ccccc1)(C1C=CC=CC1)C(F)(F)F. The predicted octanol–water partition coefficient (Wildman–Crippen LogP) is 5.18. The van der Waals surface area contributed by atoms with E-state index in [0.717, 1.165) is 18.2 Å². The Hall–Kier alpha value is -1.72. The number of allylic oxidation sites excluding steroid dienone is 4. The number of hydrogen-bond acceptors (Lipinski definition) is 0. The lowest BCUT2D eigenvalue weighted by atomic mass is 9.66. The highest BCUT2D eigenvalue weighted by Crippen LogP contribution is 2.58. The van der Waals surface area contributed by atoms with Gasteiger partial charge in [0.15, 0.2) is 5.41 Å². The van der Waals surface area contributed by atoms with Crippen molar-refractivity contribution >= 4 is 0 Å². The van der Waals surface area contributed by atoms with Crippen LogP contribution in [0.25, 0.3) is 0 Å². The van der Waals surface area contributed by atoms with Crippen LogP contribution in [0, 0.1) is 5.92 Å². The molecule has 0 spiro atoms. The Kier molecular flexibility index (Phi) is 3.91. The summed E-state index contributed by atoms with van der Waals surface area (Å²) in [7, 11) is 0. The largest absolute Gasteiger partial charge is 0.407 e. The first-order valence-corrected chi connectivity index (χ1v) is 6.23. The van der Waals surface area contributed by atoms with Crippen molar-refractivity contribution in [2.24, 2.45) is 5.92 Å². The molecule has 0 nitrogen and oxygen atoms in total. The van der Waals surface area contributed by atoms with Gasteiger partial charge in [-0.25, -0.2) is 0 Å². The molecule has 0 bridgehead atoms. The molecule has 0 heterocycles. The van der Waals surface area contributed by atoms with Crippen LogP contribution in [-0.4, -0.2) is 12.4 Å². The summed E-state index contributed by atoms with van der Waals surface area (Å²) in [6.07, 6.45) is -6.25. The standard InChI is InChI=1S/C15H12F6/c16-14(17,18)13(15(19,20)21,11-7-3-1-4-8-11)12-9-5-2-6-10-12/h1-9,12H,10H2. The third-order valence-corrected chi connectivity index (χ3v) is 3.66. The summed E-state index contributed by atoms with van der Waals surface area (Å²) < 4.78 is 81.4. The number of rotatable bonds is 2. The van der Waals surface area contributed by atoms with Gasteiger partial charge in [-0.2, -0.15) is 26.3 Å². The van der Waals surface area contributed by atoms with E-state index in [9.17, 15) is 26.3 Å². The van der Waals surface area contributed by atoms with Crippen LogP contribution < -0.4 is 0 Å². The van der Waals surface area contributed by atoms with Gasteiger partial charge in [-0.3, -0.25) is 0 Å². The first kappa shape index (κ1) is 15.7. The van der Waals surface area contributed by atoms with E-state index in [1.165, 1.54) is 36.4 Å². The molecule has 21 heavy (non-hydrogen) atoms. The molecule has 1 atom stereocenters. The maximum atomic E-state index is 13.6. The molecule has 114 valence electrons. The second-order valence-electron chi connectivity index (χ2n) is 4.82. The zero-order valence-electron chi connectivity index (χ0n) is 10.7. The van der Waals surface area contributed by atoms with Gasteiger partial charge in [0.2, 0.25) is 0 Å². The van der Waals surface area contributed by atoms with Crippen LogP contribution in [0.5, 0.6) is 0 Å². The molecule has 0 amide bonds. The van der Waals surface area contributed by atoms with Crippen LogP contribution in [0.3, 0.4) is 0 Å². The quantitative estimate of drug-likeness (QED) is 0.660. The zero-order chi connectivity index (χ0) is 15.7. The average Bonchev–Trinajstić information content (AvgIpc) is 2.38. The van der Waals surface area contributed by atoms with E-state index >= 15 is 0 Å². The zero-order valence-corrected chi connectivity index (χ0v) is 10.7.